The van der Waals surface area contributed by atoms with Crippen LogP contribution in [0, 0.1) is 0 Å². The van der Waals surface area contributed by atoms with Crippen LogP contribution in [0.15, 0.2) is 0 Å². The number of rotatable bonds is 11. The van der Waals surface area contributed by atoms with Gasteiger partial charge in [0, 0.05) is 5.75 Å². The van der Waals surface area contributed by atoms with E-state index in [1.54, 1.807) is 0 Å². The van der Waals surface area contributed by atoms with E-state index in [1.807, 2.05) is 6.26 Å². The van der Waals surface area contributed by atoms with Crippen LogP contribution in [-0.4, -0.2) is 71.2 Å². The molecule has 0 radical (unpaired) electrons. The first-order valence-corrected chi connectivity index (χ1v) is 9.21. The number of nitrogens with one attached hydrogen (secondary N) is 3. The molecule has 0 aliphatic rings. The first-order chi connectivity index (χ1) is 11.2. The maximum atomic E-state index is 12.1. The monoisotopic (exact) mass is 380 g/mol. The molecule has 0 aliphatic heterocycles. The third-order valence-electron chi connectivity index (χ3n) is 2.90. The second kappa shape index (κ2) is 12.0. The molecule has 3 atom stereocenters. The summed E-state index contributed by atoms with van der Waals surface area (Å²) in [6, 6.07) is -2.80. The predicted molar refractivity (Wildman–Crippen MR) is 95.0 cm³/mol. The smallest absolute Gasteiger partial charge is 0.326 e. The molecule has 24 heavy (non-hydrogen) atoms. The largest absolute Gasteiger partial charge is 0.480 e. The summed E-state index contributed by atoms with van der Waals surface area (Å²) < 4.78 is 0. The number of aliphatic carboxylic acids is 1. The van der Waals surface area contributed by atoms with Gasteiger partial charge in [0.15, 0.2) is 0 Å². The number of thiol groups is 1. The molecule has 9 nitrogen and oxygen atoms in total. The Kier molecular flexibility index (Phi) is 11.3. The number of nitrogens with two attached hydrogens (primary N) is 1. The van der Waals surface area contributed by atoms with Crippen molar-refractivity contribution >= 4 is 48.1 Å². The fraction of sp³-hybridized carbons (Fsp3) is 0.692. The third kappa shape index (κ3) is 8.99. The van der Waals surface area contributed by atoms with Gasteiger partial charge >= 0.3 is 5.97 Å². The minimum atomic E-state index is -1.15. The number of carbonyl (C=O) groups is 4. The Hall–Kier alpha value is -1.46. The van der Waals surface area contributed by atoms with Crippen LogP contribution < -0.4 is 21.7 Å². The van der Waals surface area contributed by atoms with Crippen molar-refractivity contribution in [3.05, 3.63) is 0 Å². The van der Waals surface area contributed by atoms with E-state index in [1.165, 1.54) is 18.7 Å². The quantitative estimate of drug-likeness (QED) is 0.231. The highest BCUT2D eigenvalue weighted by Crippen LogP contribution is 2.02. The minimum absolute atomic E-state index is 0.0202. The standard InChI is InChI=1S/C13H24N4O5S2/c1-7(14)11(19)15-5-10(18)16-9(6-23)12(20)17-8(13(21)22)3-4-24-2/h7-9,23H,3-6,14H2,1-2H3,(H,15,19)(H,16,18)(H,17,20)(H,21,22). The second-order valence-corrected chi connectivity index (χ2v) is 6.34. The lowest BCUT2D eigenvalue weighted by Gasteiger charge is -2.20. The van der Waals surface area contributed by atoms with Gasteiger partial charge in [-0.1, -0.05) is 0 Å². The van der Waals surface area contributed by atoms with Crippen LogP contribution in [0.3, 0.4) is 0 Å². The Morgan fingerprint density at radius 2 is 1.79 bits per heavy atom. The van der Waals surface area contributed by atoms with Gasteiger partial charge in [-0.25, -0.2) is 4.79 Å². The fourth-order valence-corrected chi connectivity index (χ4v) is 2.26. The van der Waals surface area contributed by atoms with Crippen molar-refractivity contribution in [2.24, 2.45) is 5.73 Å². The SMILES string of the molecule is CSCCC(NC(=O)C(CS)NC(=O)CNC(=O)C(C)N)C(=O)O. The van der Waals surface area contributed by atoms with Gasteiger partial charge in [-0.15, -0.1) is 0 Å². The molecule has 11 heteroatoms. The number of carboxylic acid groups (broad SMARTS) is 1. The molecule has 0 fully saturated rings. The summed E-state index contributed by atoms with van der Waals surface area (Å²) in [7, 11) is 0. The Balaban J connectivity index is 4.54. The van der Waals surface area contributed by atoms with Crippen molar-refractivity contribution in [3.63, 3.8) is 0 Å². The zero-order valence-electron chi connectivity index (χ0n) is 13.6. The lowest BCUT2D eigenvalue weighted by Crippen LogP contribution is -2.54. The molecular weight excluding hydrogens is 356 g/mol. The number of amides is 3. The average Bonchev–Trinajstić information content (AvgIpc) is 2.53. The summed E-state index contributed by atoms with van der Waals surface area (Å²) in [6.45, 7) is 1.13. The summed E-state index contributed by atoms with van der Waals surface area (Å²) in [5.74, 6) is -2.35. The van der Waals surface area contributed by atoms with Gasteiger partial charge in [0.05, 0.1) is 12.6 Å². The van der Waals surface area contributed by atoms with Crippen molar-refractivity contribution in [1.82, 2.24) is 16.0 Å². The number of thioether (sulfide) groups is 1. The Labute approximate surface area is 150 Å². The van der Waals surface area contributed by atoms with Crippen molar-refractivity contribution in [1.29, 1.82) is 0 Å². The fourth-order valence-electron chi connectivity index (χ4n) is 1.53. The van der Waals surface area contributed by atoms with Crippen LogP contribution >= 0.6 is 24.4 Å². The van der Waals surface area contributed by atoms with Gasteiger partial charge in [0.25, 0.3) is 0 Å². The summed E-state index contributed by atoms with van der Waals surface area (Å²) in [6.07, 6.45) is 2.09. The van der Waals surface area contributed by atoms with Gasteiger partial charge in [0.1, 0.15) is 12.1 Å². The lowest BCUT2D eigenvalue weighted by atomic mass is 10.2. The van der Waals surface area contributed by atoms with E-state index in [4.69, 9.17) is 10.8 Å². The molecular formula is C13H24N4O5S2. The molecule has 0 aliphatic carbocycles. The topological polar surface area (TPSA) is 151 Å². The molecule has 138 valence electrons. The summed E-state index contributed by atoms with van der Waals surface area (Å²) in [5.41, 5.74) is 5.34. The van der Waals surface area contributed by atoms with Crippen LogP contribution in [0.5, 0.6) is 0 Å². The third-order valence-corrected chi connectivity index (χ3v) is 3.91. The second-order valence-electron chi connectivity index (χ2n) is 4.99. The highest BCUT2D eigenvalue weighted by molar-refractivity contribution is 7.98. The highest BCUT2D eigenvalue weighted by atomic mass is 32.2. The number of hydrogen-bond donors (Lipinski definition) is 6. The van der Waals surface area contributed by atoms with E-state index in [0.717, 1.165) is 0 Å². The van der Waals surface area contributed by atoms with Crippen molar-refractivity contribution in [3.8, 4) is 0 Å². The first-order valence-electron chi connectivity index (χ1n) is 7.18. The van der Waals surface area contributed by atoms with E-state index in [9.17, 15) is 19.2 Å². The minimum Gasteiger partial charge on any atom is -0.480 e. The van der Waals surface area contributed by atoms with E-state index in [2.05, 4.69) is 28.6 Å². The molecule has 0 aromatic heterocycles. The van der Waals surface area contributed by atoms with Crippen molar-refractivity contribution in [2.45, 2.75) is 31.5 Å². The number of carboxylic acids is 1. The van der Waals surface area contributed by atoms with E-state index < -0.39 is 41.8 Å². The number of carbonyl (C=O) groups excluding carboxylic acids is 3. The van der Waals surface area contributed by atoms with E-state index in [0.29, 0.717) is 5.75 Å². The summed E-state index contributed by atoms with van der Waals surface area (Å²) in [4.78, 5) is 46.2. The van der Waals surface area contributed by atoms with Gasteiger partial charge in [-0.2, -0.15) is 24.4 Å². The maximum Gasteiger partial charge on any atom is 0.326 e. The maximum absolute atomic E-state index is 12.1. The normalized spacial score (nSPS) is 14.2. The molecule has 0 saturated heterocycles. The lowest BCUT2D eigenvalue weighted by molar-refractivity contribution is -0.142. The molecule has 0 aromatic rings. The summed E-state index contributed by atoms with van der Waals surface area (Å²) >= 11 is 5.44. The van der Waals surface area contributed by atoms with Crippen LogP contribution in [0.4, 0.5) is 0 Å². The van der Waals surface area contributed by atoms with Gasteiger partial charge < -0.3 is 26.8 Å². The van der Waals surface area contributed by atoms with E-state index in [-0.39, 0.29) is 18.7 Å². The first kappa shape index (κ1) is 22.5. The average molecular weight is 380 g/mol. The molecule has 0 aromatic carbocycles. The molecule has 3 unspecified atom stereocenters. The molecule has 3 amide bonds. The zero-order chi connectivity index (χ0) is 18.7. The Morgan fingerprint density at radius 1 is 1.17 bits per heavy atom. The van der Waals surface area contributed by atoms with Crippen LogP contribution in [-0.2, 0) is 19.2 Å². The molecule has 0 rings (SSSR count). The predicted octanol–water partition coefficient (Wildman–Crippen LogP) is -1.81. The number of hydrogen-bond acceptors (Lipinski definition) is 7. The van der Waals surface area contributed by atoms with Crippen LogP contribution in [0.25, 0.3) is 0 Å². The van der Waals surface area contributed by atoms with Gasteiger partial charge in [-0.05, 0) is 25.4 Å². The molecule has 0 bridgehead atoms. The van der Waals surface area contributed by atoms with Crippen molar-refractivity contribution < 1.29 is 24.3 Å². The van der Waals surface area contributed by atoms with Gasteiger partial charge in [0.2, 0.25) is 17.7 Å². The molecule has 0 spiro atoms. The summed E-state index contributed by atoms with van der Waals surface area (Å²) in [5, 5.41) is 16.1. The van der Waals surface area contributed by atoms with Crippen LogP contribution in [0.1, 0.15) is 13.3 Å². The van der Waals surface area contributed by atoms with Crippen LogP contribution in [0.2, 0.25) is 0 Å². The molecule has 0 heterocycles. The Morgan fingerprint density at radius 3 is 2.25 bits per heavy atom. The molecule has 6 N–H and O–H groups in total. The highest BCUT2D eigenvalue weighted by Gasteiger charge is 2.25. The van der Waals surface area contributed by atoms with Crippen molar-refractivity contribution in [2.75, 3.05) is 24.3 Å². The van der Waals surface area contributed by atoms with Gasteiger partial charge in [-0.3, -0.25) is 14.4 Å². The van der Waals surface area contributed by atoms with E-state index >= 15 is 0 Å². The molecule has 0 saturated carbocycles. The Bertz CT molecular complexity index is 462. The zero-order valence-corrected chi connectivity index (χ0v) is 15.3.